The number of sulfonamides is 1. The molecule has 1 heterocycles. The molecule has 6 nitrogen and oxygen atoms in total. The Bertz CT molecular complexity index is 665. The zero-order chi connectivity index (χ0) is 15.3. The Labute approximate surface area is 125 Å². The van der Waals surface area contributed by atoms with Crippen molar-refractivity contribution in [3.63, 3.8) is 0 Å². The van der Waals surface area contributed by atoms with Crippen LogP contribution in [0.4, 0.5) is 0 Å². The van der Waals surface area contributed by atoms with Crippen LogP contribution in [0.3, 0.4) is 0 Å². The first-order valence-corrected chi connectivity index (χ1v) is 8.31. The van der Waals surface area contributed by atoms with Crippen molar-refractivity contribution >= 4 is 10.0 Å². The molecule has 0 aliphatic carbocycles. The second-order valence-electron chi connectivity index (χ2n) is 4.86. The number of para-hydroxylation sites is 1. The molecule has 2 rings (SSSR count). The van der Waals surface area contributed by atoms with E-state index in [1.54, 1.807) is 4.68 Å². The van der Waals surface area contributed by atoms with Crippen LogP contribution in [0.25, 0.3) is 5.69 Å². The van der Waals surface area contributed by atoms with Gasteiger partial charge in [0.05, 0.1) is 17.1 Å². The third-order valence-corrected chi connectivity index (χ3v) is 4.90. The minimum absolute atomic E-state index is 0.0827. The van der Waals surface area contributed by atoms with Gasteiger partial charge in [0.15, 0.2) is 0 Å². The molecular weight excluding hydrogens is 288 g/mol. The zero-order valence-electron chi connectivity index (χ0n) is 12.2. The molecule has 1 N–H and O–H groups in total. The average molecular weight is 308 g/mol. The largest absolute Gasteiger partial charge is 0.310 e. The van der Waals surface area contributed by atoms with Crippen LogP contribution in [0.1, 0.15) is 5.69 Å². The van der Waals surface area contributed by atoms with Crippen LogP contribution < -0.4 is 5.32 Å². The molecule has 0 amide bonds. The Balaban J connectivity index is 1.84. The fourth-order valence-electron chi connectivity index (χ4n) is 1.78. The highest BCUT2D eigenvalue weighted by Crippen LogP contribution is 2.06. The van der Waals surface area contributed by atoms with E-state index in [1.807, 2.05) is 42.6 Å². The first kappa shape index (κ1) is 15.7. The van der Waals surface area contributed by atoms with Crippen molar-refractivity contribution in [2.45, 2.75) is 6.54 Å². The van der Waals surface area contributed by atoms with Gasteiger partial charge in [0.25, 0.3) is 0 Å². The van der Waals surface area contributed by atoms with E-state index in [0.29, 0.717) is 13.1 Å². The van der Waals surface area contributed by atoms with Crippen molar-refractivity contribution in [3.8, 4) is 5.69 Å². The predicted molar refractivity (Wildman–Crippen MR) is 82.7 cm³/mol. The lowest BCUT2D eigenvalue weighted by molar-refractivity contribution is 0.517. The molecule has 1 aromatic heterocycles. The Hall–Kier alpha value is -1.70. The predicted octanol–water partition coefficient (Wildman–Crippen LogP) is 0.853. The monoisotopic (exact) mass is 308 g/mol. The highest BCUT2D eigenvalue weighted by atomic mass is 32.2. The van der Waals surface area contributed by atoms with Crippen molar-refractivity contribution in [1.82, 2.24) is 19.4 Å². The van der Waals surface area contributed by atoms with Crippen molar-refractivity contribution in [2.24, 2.45) is 0 Å². The molecule has 114 valence electrons. The SMILES string of the molecule is CN(C)S(=O)(=O)CCNCc1ccn(-c2ccccc2)n1. The van der Waals surface area contributed by atoms with Gasteiger partial charge in [-0.25, -0.2) is 17.4 Å². The Morgan fingerprint density at radius 2 is 1.90 bits per heavy atom. The maximum atomic E-state index is 11.6. The normalized spacial score (nSPS) is 12.0. The molecule has 21 heavy (non-hydrogen) atoms. The average Bonchev–Trinajstić information content (AvgIpc) is 2.93. The molecule has 0 radical (unpaired) electrons. The van der Waals surface area contributed by atoms with Gasteiger partial charge in [0.2, 0.25) is 10.0 Å². The lowest BCUT2D eigenvalue weighted by atomic mass is 10.3. The molecule has 2 aromatic rings. The minimum atomic E-state index is -3.15. The standard InChI is InChI=1S/C14H20N4O2S/c1-17(2)21(19,20)11-9-15-12-13-8-10-18(16-13)14-6-4-3-5-7-14/h3-8,10,15H,9,11-12H2,1-2H3. The summed E-state index contributed by atoms with van der Waals surface area (Å²) in [6.45, 7) is 0.946. The van der Waals surface area contributed by atoms with Crippen molar-refractivity contribution in [1.29, 1.82) is 0 Å². The van der Waals surface area contributed by atoms with Gasteiger partial charge < -0.3 is 5.32 Å². The van der Waals surface area contributed by atoms with Crippen molar-refractivity contribution in [2.75, 3.05) is 26.4 Å². The van der Waals surface area contributed by atoms with Crippen LogP contribution in [-0.4, -0.2) is 48.9 Å². The summed E-state index contributed by atoms with van der Waals surface area (Å²) >= 11 is 0. The minimum Gasteiger partial charge on any atom is -0.310 e. The van der Waals surface area contributed by atoms with Crippen LogP contribution >= 0.6 is 0 Å². The van der Waals surface area contributed by atoms with Crippen LogP contribution in [0.2, 0.25) is 0 Å². The maximum absolute atomic E-state index is 11.6. The molecule has 0 unspecified atom stereocenters. The Morgan fingerprint density at radius 1 is 1.19 bits per heavy atom. The first-order valence-electron chi connectivity index (χ1n) is 6.70. The highest BCUT2D eigenvalue weighted by Gasteiger charge is 2.12. The van der Waals surface area contributed by atoms with Gasteiger partial charge in [-0.3, -0.25) is 0 Å². The molecule has 0 fully saturated rings. The molecule has 0 aliphatic heterocycles. The van der Waals surface area contributed by atoms with Crippen molar-refractivity contribution in [3.05, 3.63) is 48.3 Å². The summed E-state index contributed by atoms with van der Waals surface area (Å²) in [6, 6.07) is 11.8. The number of nitrogens with zero attached hydrogens (tertiary/aromatic N) is 3. The molecule has 0 spiro atoms. The van der Waals surface area contributed by atoms with E-state index < -0.39 is 10.0 Å². The topological polar surface area (TPSA) is 67.2 Å². The van der Waals surface area contributed by atoms with E-state index in [0.717, 1.165) is 11.4 Å². The third-order valence-electron chi connectivity index (χ3n) is 3.06. The summed E-state index contributed by atoms with van der Waals surface area (Å²) in [6.07, 6.45) is 1.89. The smallest absolute Gasteiger partial charge is 0.214 e. The molecule has 7 heteroatoms. The van der Waals surface area contributed by atoms with Gasteiger partial charge in [0, 0.05) is 33.4 Å². The molecule has 1 aromatic carbocycles. The second kappa shape index (κ2) is 6.84. The zero-order valence-corrected chi connectivity index (χ0v) is 13.0. The summed E-state index contributed by atoms with van der Waals surface area (Å²) < 4.78 is 26.2. The van der Waals surface area contributed by atoms with E-state index in [-0.39, 0.29) is 5.75 Å². The van der Waals surface area contributed by atoms with Gasteiger partial charge in [0.1, 0.15) is 0 Å². The first-order chi connectivity index (χ1) is 9.99. The number of hydrogen-bond acceptors (Lipinski definition) is 4. The molecule has 0 bridgehead atoms. The second-order valence-corrected chi connectivity index (χ2v) is 7.16. The van der Waals surface area contributed by atoms with E-state index in [2.05, 4.69) is 10.4 Å². The quantitative estimate of drug-likeness (QED) is 0.770. The number of aromatic nitrogens is 2. The summed E-state index contributed by atoms with van der Waals surface area (Å²) in [5, 5.41) is 7.54. The van der Waals surface area contributed by atoms with Crippen LogP contribution in [0, 0.1) is 0 Å². The lowest BCUT2D eigenvalue weighted by Crippen LogP contribution is -2.31. The van der Waals surface area contributed by atoms with Gasteiger partial charge >= 0.3 is 0 Å². The number of nitrogens with one attached hydrogen (secondary N) is 1. The van der Waals surface area contributed by atoms with Gasteiger partial charge in [-0.05, 0) is 18.2 Å². The number of benzene rings is 1. The number of rotatable bonds is 7. The maximum Gasteiger partial charge on any atom is 0.214 e. The van der Waals surface area contributed by atoms with Gasteiger partial charge in [-0.1, -0.05) is 18.2 Å². The third kappa shape index (κ3) is 4.38. The van der Waals surface area contributed by atoms with Crippen LogP contribution in [0.5, 0.6) is 0 Å². The molecule has 0 saturated heterocycles. The molecule has 0 aliphatic rings. The summed E-state index contributed by atoms with van der Waals surface area (Å²) in [5.74, 6) is 0.0827. The molecular formula is C14H20N4O2S. The van der Waals surface area contributed by atoms with Crippen LogP contribution in [-0.2, 0) is 16.6 Å². The highest BCUT2D eigenvalue weighted by molar-refractivity contribution is 7.89. The summed E-state index contributed by atoms with van der Waals surface area (Å²) in [7, 11) is -0.0681. The molecule has 0 atom stereocenters. The summed E-state index contributed by atoms with van der Waals surface area (Å²) in [5.41, 5.74) is 1.88. The molecule has 0 saturated carbocycles. The fraction of sp³-hybridized carbons (Fsp3) is 0.357. The number of hydrogen-bond donors (Lipinski definition) is 1. The van der Waals surface area contributed by atoms with E-state index in [1.165, 1.54) is 18.4 Å². The fourth-order valence-corrected chi connectivity index (χ4v) is 2.55. The Kier molecular flexibility index (Phi) is 5.11. The van der Waals surface area contributed by atoms with Crippen molar-refractivity contribution < 1.29 is 8.42 Å². The van der Waals surface area contributed by atoms with E-state index in [9.17, 15) is 8.42 Å². The van der Waals surface area contributed by atoms with Crippen LogP contribution in [0.15, 0.2) is 42.6 Å². The van der Waals surface area contributed by atoms with E-state index in [4.69, 9.17) is 0 Å². The lowest BCUT2D eigenvalue weighted by Gasteiger charge is -2.11. The van der Waals surface area contributed by atoms with Gasteiger partial charge in [-0.2, -0.15) is 5.10 Å². The van der Waals surface area contributed by atoms with Gasteiger partial charge in [-0.15, -0.1) is 0 Å². The Morgan fingerprint density at radius 3 is 2.57 bits per heavy atom. The summed E-state index contributed by atoms with van der Waals surface area (Å²) in [4.78, 5) is 0. The van der Waals surface area contributed by atoms with E-state index >= 15 is 0 Å².